The first kappa shape index (κ1) is 18.5. The van der Waals surface area contributed by atoms with Gasteiger partial charge < -0.3 is 4.74 Å². The van der Waals surface area contributed by atoms with Gasteiger partial charge in [-0.15, -0.1) is 11.3 Å². The number of halogens is 2. The summed E-state index contributed by atoms with van der Waals surface area (Å²) in [4.78, 5) is 24.4. The maximum Gasteiger partial charge on any atom is 0.281 e. The van der Waals surface area contributed by atoms with E-state index < -0.39 is 11.8 Å². The van der Waals surface area contributed by atoms with E-state index in [-0.39, 0.29) is 6.61 Å². The van der Waals surface area contributed by atoms with E-state index in [1.54, 1.807) is 18.2 Å². The zero-order valence-corrected chi connectivity index (χ0v) is 16.0. The average Bonchev–Trinajstić information content (AvgIpc) is 2.98. The van der Waals surface area contributed by atoms with E-state index in [2.05, 4.69) is 10.9 Å². The molecule has 2 N–H and O–H groups in total. The number of hydrazine groups is 1. The van der Waals surface area contributed by atoms with Crippen molar-refractivity contribution < 1.29 is 14.3 Å². The van der Waals surface area contributed by atoms with Crippen molar-refractivity contribution in [3.05, 3.63) is 63.0 Å². The van der Waals surface area contributed by atoms with Gasteiger partial charge in [0, 0.05) is 15.1 Å². The van der Waals surface area contributed by atoms with Crippen LogP contribution in [0, 0.1) is 6.92 Å². The van der Waals surface area contributed by atoms with E-state index >= 15 is 0 Å². The Kier molecular flexibility index (Phi) is 5.66. The molecule has 5 nitrogen and oxygen atoms in total. The van der Waals surface area contributed by atoms with Crippen LogP contribution in [0.4, 0.5) is 0 Å². The second-order valence-electron chi connectivity index (χ2n) is 5.44. The van der Waals surface area contributed by atoms with Crippen LogP contribution in [0.5, 0.6) is 5.75 Å². The molecule has 0 aliphatic rings. The van der Waals surface area contributed by atoms with Gasteiger partial charge in [0.2, 0.25) is 0 Å². The number of amides is 2. The molecule has 0 fully saturated rings. The van der Waals surface area contributed by atoms with Crippen molar-refractivity contribution >= 4 is 56.4 Å². The predicted molar refractivity (Wildman–Crippen MR) is 104 cm³/mol. The molecule has 0 saturated heterocycles. The van der Waals surface area contributed by atoms with E-state index in [4.69, 9.17) is 27.9 Å². The van der Waals surface area contributed by atoms with Crippen molar-refractivity contribution in [2.24, 2.45) is 0 Å². The van der Waals surface area contributed by atoms with Gasteiger partial charge >= 0.3 is 0 Å². The van der Waals surface area contributed by atoms with Crippen molar-refractivity contribution in [2.75, 3.05) is 6.61 Å². The highest BCUT2D eigenvalue weighted by atomic mass is 35.5. The Labute approximate surface area is 163 Å². The first-order chi connectivity index (χ1) is 12.5. The molecular weight excluding hydrogens is 395 g/mol. The molecule has 2 amide bonds. The number of carbonyl (C=O) groups is 2. The average molecular weight is 409 g/mol. The summed E-state index contributed by atoms with van der Waals surface area (Å²) in [5, 5.41) is 1.79. The topological polar surface area (TPSA) is 67.4 Å². The first-order valence-electron chi connectivity index (χ1n) is 7.61. The van der Waals surface area contributed by atoms with Crippen molar-refractivity contribution in [3.63, 3.8) is 0 Å². The summed E-state index contributed by atoms with van der Waals surface area (Å²) in [5.41, 5.74) is 5.50. The third kappa shape index (κ3) is 4.09. The minimum atomic E-state index is -0.497. The van der Waals surface area contributed by atoms with Gasteiger partial charge in [0.05, 0.1) is 5.02 Å². The Hall–Kier alpha value is -2.28. The van der Waals surface area contributed by atoms with Gasteiger partial charge in [-0.3, -0.25) is 20.4 Å². The largest absolute Gasteiger partial charge is 0.484 e. The Morgan fingerprint density at radius 1 is 1.12 bits per heavy atom. The number of hydrogen-bond acceptors (Lipinski definition) is 4. The van der Waals surface area contributed by atoms with Gasteiger partial charge in [0.25, 0.3) is 11.8 Å². The van der Waals surface area contributed by atoms with E-state index in [1.807, 2.05) is 31.2 Å². The van der Waals surface area contributed by atoms with Crippen molar-refractivity contribution in [2.45, 2.75) is 6.92 Å². The molecule has 134 valence electrons. The molecule has 0 spiro atoms. The molecule has 0 aliphatic heterocycles. The molecule has 0 radical (unpaired) electrons. The Morgan fingerprint density at radius 2 is 1.88 bits per heavy atom. The normalized spacial score (nSPS) is 10.6. The summed E-state index contributed by atoms with van der Waals surface area (Å²) in [6.07, 6.45) is 0. The van der Waals surface area contributed by atoms with Crippen molar-refractivity contribution in [1.29, 1.82) is 0 Å². The molecule has 0 saturated carbocycles. The lowest BCUT2D eigenvalue weighted by Gasteiger charge is -2.09. The SMILES string of the molecule is Cc1cc(OCC(=O)NNC(=O)c2sc3ccccc3c2Cl)ccc1Cl. The maximum absolute atomic E-state index is 12.2. The highest BCUT2D eigenvalue weighted by Gasteiger charge is 2.17. The van der Waals surface area contributed by atoms with E-state index in [0.717, 1.165) is 15.6 Å². The molecule has 2 aromatic carbocycles. The third-order valence-corrected chi connectivity index (χ3v) is 5.65. The number of carbonyl (C=O) groups excluding carboxylic acids is 2. The van der Waals surface area contributed by atoms with Gasteiger partial charge in [-0.25, -0.2) is 0 Å². The van der Waals surface area contributed by atoms with Crippen LogP contribution in [0.1, 0.15) is 15.2 Å². The molecule has 0 atom stereocenters. The molecule has 0 aliphatic carbocycles. The van der Waals surface area contributed by atoms with Gasteiger partial charge in [-0.05, 0) is 36.8 Å². The Balaban J connectivity index is 1.55. The van der Waals surface area contributed by atoms with Crippen LogP contribution in [0.25, 0.3) is 10.1 Å². The van der Waals surface area contributed by atoms with Crippen molar-refractivity contribution in [3.8, 4) is 5.75 Å². The first-order valence-corrected chi connectivity index (χ1v) is 9.18. The van der Waals surface area contributed by atoms with Crippen LogP contribution in [-0.2, 0) is 4.79 Å². The highest BCUT2D eigenvalue weighted by Crippen LogP contribution is 2.34. The molecule has 0 bridgehead atoms. The second-order valence-corrected chi connectivity index (χ2v) is 7.28. The minimum absolute atomic E-state index is 0.249. The summed E-state index contributed by atoms with van der Waals surface area (Å²) in [7, 11) is 0. The summed E-state index contributed by atoms with van der Waals surface area (Å²) < 4.78 is 6.27. The summed E-state index contributed by atoms with van der Waals surface area (Å²) in [6.45, 7) is 1.59. The van der Waals surface area contributed by atoms with Crippen LogP contribution in [0.15, 0.2) is 42.5 Å². The lowest BCUT2D eigenvalue weighted by Crippen LogP contribution is -2.43. The molecule has 1 heterocycles. The fourth-order valence-corrected chi connectivity index (χ4v) is 3.77. The number of rotatable bonds is 4. The lowest BCUT2D eigenvalue weighted by atomic mass is 10.2. The second kappa shape index (κ2) is 7.95. The molecule has 1 aromatic heterocycles. The fraction of sp³-hybridized carbons (Fsp3) is 0.111. The van der Waals surface area contributed by atoms with E-state index in [9.17, 15) is 9.59 Å². The molecule has 8 heteroatoms. The summed E-state index contributed by atoms with van der Waals surface area (Å²) in [6, 6.07) is 12.5. The lowest BCUT2D eigenvalue weighted by molar-refractivity contribution is -0.123. The molecule has 3 rings (SSSR count). The molecule has 0 unspecified atom stereocenters. The minimum Gasteiger partial charge on any atom is -0.484 e. The molecular formula is C18H14Cl2N2O3S. The number of fused-ring (bicyclic) bond motifs is 1. The fourth-order valence-electron chi connectivity index (χ4n) is 2.24. The standard InChI is InChI=1S/C18H14Cl2N2O3S/c1-10-8-11(6-7-13(10)19)25-9-15(23)21-22-18(24)17-16(20)12-4-2-3-5-14(12)26-17/h2-8H,9H2,1H3,(H,21,23)(H,22,24). The molecule has 3 aromatic rings. The number of ether oxygens (including phenoxy) is 1. The maximum atomic E-state index is 12.2. The number of thiophene rings is 1. The summed E-state index contributed by atoms with van der Waals surface area (Å²) in [5.74, 6) is -0.462. The Morgan fingerprint density at radius 3 is 2.62 bits per heavy atom. The van der Waals surface area contributed by atoms with E-state index in [1.165, 1.54) is 11.3 Å². The molecule has 26 heavy (non-hydrogen) atoms. The number of aryl methyl sites for hydroxylation is 1. The number of nitrogens with one attached hydrogen (secondary N) is 2. The van der Waals surface area contributed by atoms with Crippen LogP contribution < -0.4 is 15.6 Å². The smallest absolute Gasteiger partial charge is 0.281 e. The van der Waals surface area contributed by atoms with E-state index in [0.29, 0.717) is 20.7 Å². The highest BCUT2D eigenvalue weighted by molar-refractivity contribution is 7.21. The van der Waals surface area contributed by atoms with Crippen LogP contribution in [-0.4, -0.2) is 18.4 Å². The van der Waals surface area contributed by atoms with Crippen LogP contribution in [0.3, 0.4) is 0 Å². The third-order valence-electron chi connectivity index (χ3n) is 3.56. The quantitative estimate of drug-likeness (QED) is 0.630. The van der Waals surface area contributed by atoms with Gasteiger partial charge in [0.1, 0.15) is 10.6 Å². The monoisotopic (exact) mass is 408 g/mol. The summed E-state index contributed by atoms with van der Waals surface area (Å²) >= 11 is 13.4. The predicted octanol–water partition coefficient (Wildman–Crippen LogP) is 4.36. The zero-order valence-electron chi connectivity index (χ0n) is 13.6. The van der Waals surface area contributed by atoms with Crippen molar-refractivity contribution in [1.82, 2.24) is 10.9 Å². The number of benzene rings is 2. The Bertz CT molecular complexity index is 988. The zero-order chi connectivity index (χ0) is 18.7. The van der Waals surface area contributed by atoms with Gasteiger partial charge in [0.15, 0.2) is 6.61 Å². The van der Waals surface area contributed by atoms with Crippen LogP contribution >= 0.6 is 34.5 Å². The van der Waals surface area contributed by atoms with Gasteiger partial charge in [-0.2, -0.15) is 0 Å². The van der Waals surface area contributed by atoms with Crippen LogP contribution in [0.2, 0.25) is 10.0 Å². The number of hydrogen-bond donors (Lipinski definition) is 2. The van der Waals surface area contributed by atoms with Gasteiger partial charge in [-0.1, -0.05) is 41.4 Å².